The normalized spacial score (nSPS) is 18.0. The summed E-state index contributed by atoms with van der Waals surface area (Å²) in [7, 11) is 0.362. The second kappa shape index (κ2) is 5.18. The Morgan fingerprint density at radius 1 is 1.35 bits per heavy atom. The number of nitrogens with zero attached hydrogens (tertiary/aromatic N) is 1. The van der Waals surface area contributed by atoms with Crippen molar-refractivity contribution in [3.63, 3.8) is 0 Å². The van der Waals surface area contributed by atoms with Gasteiger partial charge in [0.05, 0.1) is 11.7 Å². The highest BCUT2D eigenvalue weighted by Crippen LogP contribution is 2.31. The van der Waals surface area contributed by atoms with Crippen molar-refractivity contribution in [2.75, 3.05) is 25.3 Å². The van der Waals surface area contributed by atoms with Crippen LogP contribution < -0.4 is 10.2 Å². The summed E-state index contributed by atoms with van der Waals surface area (Å²) < 4.78 is 23.5. The molecule has 20 heavy (non-hydrogen) atoms. The Bertz CT molecular complexity index is 640. The number of sulfone groups is 1. The Kier molecular flexibility index (Phi) is 3.88. The molecule has 0 aliphatic carbocycles. The number of likely N-dealkylation sites (N-methyl/N-ethyl adjacent to an activating group) is 1. The van der Waals surface area contributed by atoms with Crippen molar-refractivity contribution < 1.29 is 13.2 Å². The lowest BCUT2D eigenvalue weighted by Crippen LogP contribution is -2.33. The fraction of sp³-hybridized carbons (Fsp3) is 0.500. The highest BCUT2D eigenvalue weighted by atomic mass is 32.2. The molecular weight excluding hydrogens is 276 g/mol. The number of carbonyl (C=O) groups excluding carboxylic acids is 1. The maximum Gasteiger partial charge on any atom is 0.231 e. The van der Waals surface area contributed by atoms with Crippen molar-refractivity contribution in [1.82, 2.24) is 5.32 Å². The topological polar surface area (TPSA) is 66.5 Å². The van der Waals surface area contributed by atoms with E-state index in [9.17, 15) is 13.2 Å². The molecule has 2 atom stereocenters. The van der Waals surface area contributed by atoms with Crippen LogP contribution in [0.2, 0.25) is 0 Å². The second-order valence-electron chi connectivity index (χ2n) is 5.32. The first-order valence-electron chi connectivity index (χ1n) is 6.51. The molecule has 1 aliphatic rings. The minimum atomic E-state index is -3.14. The van der Waals surface area contributed by atoms with Crippen LogP contribution >= 0.6 is 0 Å². The molecule has 1 N–H and O–H groups in total. The first kappa shape index (κ1) is 15.0. The van der Waals surface area contributed by atoms with E-state index in [2.05, 4.69) is 5.32 Å². The number of hydrogen-bond acceptors (Lipinski definition) is 4. The monoisotopic (exact) mass is 296 g/mol. The number of fused-ring (bicyclic) bond motifs is 1. The standard InChI is InChI=1S/C14H20N2O3S/c1-9(20(4,18)19)14(15-2)10-5-6-12-11(7-10)8-13(17)16(12)3/h5-7,9,14-15H,8H2,1-4H3. The summed E-state index contributed by atoms with van der Waals surface area (Å²) >= 11 is 0. The van der Waals surface area contributed by atoms with Gasteiger partial charge in [-0.05, 0) is 31.2 Å². The zero-order valence-corrected chi connectivity index (χ0v) is 13.0. The van der Waals surface area contributed by atoms with Gasteiger partial charge in [-0.25, -0.2) is 8.42 Å². The summed E-state index contributed by atoms with van der Waals surface area (Å²) in [6, 6.07) is 5.42. The van der Waals surface area contributed by atoms with Gasteiger partial charge in [0.25, 0.3) is 0 Å². The van der Waals surface area contributed by atoms with Crippen LogP contribution in [0.3, 0.4) is 0 Å². The molecule has 1 amide bonds. The van der Waals surface area contributed by atoms with E-state index in [4.69, 9.17) is 0 Å². The highest BCUT2D eigenvalue weighted by molar-refractivity contribution is 7.91. The molecule has 1 aromatic rings. The molecule has 0 bridgehead atoms. The van der Waals surface area contributed by atoms with Crippen molar-refractivity contribution in [3.05, 3.63) is 29.3 Å². The van der Waals surface area contributed by atoms with Gasteiger partial charge in [0.1, 0.15) is 0 Å². The van der Waals surface area contributed by atoms with Crippen molar-refractivity contribution in [1.29, 1.82) is 0 Å². The molecule has 0 fully saturated rings. The average molecular weight is 296 g/mol. The van der Waals surface area contributed by atoms with Gasteiger partial charge in [-0.2, -0.15) is 0 Å². The molecule has 0 saturated carbocycles. The molecule has 6 heteroatoms. The molecule has 0 aromatic heterocycles. The van der Waals surface area contributed by atoms with E-state index in [1.807, 2.05) is 18.2 Å². The quantitative estimate of drug-likeness (QED) is 0.896. The fourth-order valence-corrected chi connectivity index (χ4v) is 3.39. The SMILES string of the molecule is CNC(c1ccc2c(c1)CC(=O)N2C)C(C)S(C)(=O)=O. The van der Waals surface area contributed by atoms with Gasteiger partial charge in [0.15, 0.2) is 9.84 Å². The predicted octanol–water partition coefficient (Wildman–Crippen LogP) is 0.899. The third-order valence-electron chi connectivity index (χ3n) is 4.00. The van der Waals surface area contributed by atoms with Crippen LogP contribution in [0.1, 0.15) is 24.1 Å². The Morgan fingerprint density at radius 2 is 2.00 bits per heavy atom. The number of carbonyl (C=O) groups is 1. The van der Waals surface area contributed by atoms with Crippen molar-refractivity contribution >= 4 is 21.4 Å². The molecule has 0 saturated heterocycles. The van der Waals surface area contributed by atoms with Crippen LogP contribution in [0.15, 0.2) is 18.2 Å². The molecule has 1 aliphatic heterocycles. The zero-order chi connectivity index (χ0) is 15.1. The Morgan fingerprint density at radius 3 is 2.55 bits per heavy atom. The summed E-state index contributed by atoms with van der Waals surface area (Å²) in [6.45, 7) is 1.70. The highest BCUT2D eigenvalue weighted by Gasteiger charge is 2.29. The number of hydrogen-bond donors (Lipinski definition) is 1. The summed E-state index contributed by atoms with van der Waals surface area (Å²) in [5.74, 6) is 0.0642. The van der Waals surface area contributed by atoms with Crippen LogP contribution in [0, 0.1) is 0 Å². The van der Waals surface area contributed by atoms with Gasteiger partial charge in [-0.3, -0.25) is 4.79 Å². The van der Waals surface area contributed by atoms with Crippen molar-refractivity contribution in [2.24, 2.45) is 0 Å². The third-order valence-corrected chi connectivity index (χ3v) is 5.62. The molecule has 2 rings (SSSR count). The Hall–Kier alpha value is -1.40. The van der Waals surface area contributed by atoms with Crippen LogP contribution in [-0.2, 0) is 21.1 Å². The third kappa shape index (κ3) is 2.58. The molecule has 0 radical (unpaired) electrons. The lowest BCUT2D eigenvalue weighted by atomic mass is 10.0. The van der Waals surface area contributed by atoms with Gasteiger partial charge in [-0.15, -0.1) is 0 Å². The number of rotatable bonds is 4. The molecule has 1 heterocycles. The molecule has 5 nitrogen and oxygen atoms in total. The summed E-state index contributed by atoms with van der Waals surface area (Å²) in [6.07, 6.45) is 1.62. The average Bonchev–Trinajstić information content (AvgIpc) is 2.64. The number of nitrogens with one attached hydrogen (secondary N) is 1. The molecule has 110 valence electrons. The van der Waals surface area contributed by atoms with Gasteiger partial charge < -0.3 is 10.2 Å². The van der Waals surface area contributed by atoms with Gasteiger partial charge in [0.2, 0.25) is 5.91 Å². The van der Waals surface area contributed by atoms with E-state index in [0.29, 0.717) is 6.42 Å². The van der Waals surface area contributed by atoms with Crippen LogP contribution in [0.5, 0.6) is 0 Å². The number of benzene rings is 1. The van der Waals surface area contributed by atoms with E-state index >= 15 is 0 Å². The Balaban J connectivity index is 2.39. The van der Waals surface area contributed by atoms with Crippen LogP contribution in [0.25, 0.3) is 0 Å². The molecule has 1 aromatic carbocycles. The zero-order valence-electron chi connectivity index (χ0n) is 12.2. The minimum absolute atomic E-state index is 0.0642. The number of anilines is 1. The van der Waals surface area contributed by atoms with E-state index in [1.165, 1.54) is 6.26 Å². The minimum Gasteiger partial charge on any atom is -0.315 e. The maximum absolute atomic E-state index is 11.7. The van der Waals surface area contributed by atoms with Gasteiger partial charge in [-0.1, -0.05) is 12.1 Å². The van der Waals surface area contributed by atoms with Crippen molar-refractivity contribution in [2.45, 2.75) is 24.6 Å². The Labute approximate surface area is 119 Å². The summed E-state index contributed by atoms with van der Waals surface area (Å²) in [4.78, 5) is 13.3. The second-order valence-corrected chi connectivity index (χ2v) is 7.72. The first-order valence-corrected chi connectivity index (χ1v) is 8.46. The lowest BCUT2D eigenvalue weighted by molar-refractivity contribution is -0.117. The van der Waals surface area contributed by atoms with Crippen molar-refractivity contribution in [3.8, 4) is 0 Å². The summed E-state index contributed by atoms with van der Waals surface area (Å²) in [5, 5.41) is 2.53. The van der Waals surface area contributed by atoms with E-state index in [1.54, 1.807) is 25.9 Å². The smallest absolute Gasteiger partial charge is 0.231 e. The predicted molar refractivity (Wildman–Crippen MR) is 79.7 cm³/mol. The largest absolute Gasteiger partial charge is 0.315 e. The molecular formula is C14H20N2O3S. The van der Waals surface area contributed by atoms with Crippen LogP contribution in [0.4, 0.5) is 5.69 Å². The van der Waals surface area contributed by atoms with Gasteiger partial charge >= 0.3 is 0 Å². The van der Waals surface area contributed by atoms with E-state index in [0.717, 1.165) is 16.8 Å². The molecule has 2 unspecified atom stereocenters. The number of amides is 1. The lowest BCUT2D eigenvalue weighted by Gasteiger charge is -2.23. The van der Waals surface area contributed by atoms with Gasteiger partial charge in [0, 0.05) is 25.0 Å². The molecule has 0 spiro atoms. The first-order chi connectivity index (χ1) is 9.25. The summed E-state index contributed by atoms with van der Waals surface area (Å²) in [5.41, 5.74) is 2.75. The maximum atomic E-state index is 11.7. The van der Waals surface area contributed by atoms with E-state index in [-0.39, 0.29) is 11.9 Å². The van der Waals surface area contributed by atoms with Crippen LogP contribution in [-0.4, -0.2) is 39.9 Å². The fourth-order valence-electron chi connectivity index (χ4n) is 2.60. The van der Waals surface area contributed by atoms with E-state index < -0.39 is 15.1 Å².